The highest BCUT2D eigenvalue weighted by atomic mass is 79.9. The molecule has 42 heavy (non-hydrogen) atoms. The first kappa shape index (κ1) is 33.3. The fourth-order valence-corrected chi connectivity index (χ4v) is 6.14. The van der Waals surface area contributed by atoms with Gasteiger partial charge in [-0.15, -0.1) is 0 Å². The Balaban J connectivity index is 1.88. The minimum Gasteiger partial charge on any atom is -0.352 e. The minimum atomic E-state index is -3.56. The molecule has 2 atom stereocenters. The molecule has 0 saturated carbocycles. The highest BCUT2D eigenvalue weighted by Gasteiger charge is 2.31. The second-order valence-corrected chi connectivity index (χ2v) is 13.5. The van der Waals surface area contributed by atoms with E-state index in [9.17, 15) is 18.0 Å². The first-order chi connectivity index (χ1) is 20.0. The molecule has 0 fully saturated rings. The zero-order valence-corrected chi connectivity index (χ0v) is 27.3. The van der Waals surface area contributed by atoms with Crippen molar-refractivity contribution in [3.63, 3.8) is 0 Å². The van der Waals surface area contributed by atoms with E-state index in [0.717, 1.165) is 34.0 Å². The van der Waals surface area contributed by atoms with Gasteiger partial charge in [-0.2, -0.15) is 0 Å². The van der Waals surface area contributed by atoms with Gasteiger partial charge in [0.1, 0.15) is 6.04 Å². The third-order valence-electron chi connectivity index (χ3n) is 7.30. The van der Waals surface area contributed by atoms with E-state index in [2.05, 4.69) is 21.2 Å². The maximum absolute atomic E-state index is 13.9. The fraction of sp³-hybridized carbons (Fsp3) is 0.394. The Bertz CT molecular complexity index is 1410. The lowest BCUT2D eigenvalue weighted by atomic mass is 10.0. The zero-order valence-electron chi connectivity index (χ0n) is 24.9. The molecule has 7 nitrogen and oxygen atoms in total. The van der Waals surface area contributed by atoms with E-state index >= 15 is 0 Å². The van der Waals surface area contributed by atoms with Crippen LogP contribution in [0, 0.1) is 0 Å². The van der Waals surface area contributed by atoms with Crippen LogP contribution >= 0.6 is 15.9 Å². The molecular weight excluding hydrogens is 614 g/mol. The Morgan fingerprint density at radius 3 is 2.17 bits per heavy atom. The molecule has 3 aromatic carbocycles. The second-order valence-electron chi connectivity index (χ2n) is 10.6. The van der Waals surface area contributed by atoms with Gasteiger partial charge >= 0.3 is 0 Å². The van der Waals surface area contributed by atoms with Crippen molar-refractivity contribution >= 4 is 43.5 Å². The average molecular weight is 657 g/mol. The molecule has 1 N–H and O–H groups in total. The third kappa shape index (κ3) is 9.98. The van der Waals surface area contributed by atoms with E-state index < -0.39 is 16.1 Å². The van der Waals surface area contributed by atoms with Gasteiger partial charge in [-0.25, -0.2) is 8.42 Å². The number of nitrogens with zero attached hydrogens (tertiary/aromatic N) is 2. The number of benzene rings is 3. The van der Waals surface area contributed by atoms with Crippen molar-refractivity contribution < 1.29 is 18.0 Å². The molecule has 2 amide bonds. The summed E-state index contributed by atoms with van der Waals surface area (Å²) in [5.74, 6) is -0.407. The minimum absolute atomic E-state index is 0.0407. The van der Waals surface area contributed by atoms with E-state index in [1.54, 1.807) is 17.0 Å². The summed E-state index contributed by atoms with van der Waals surface area (Å²) in [6, 6.07) is 24.0. The van der Waals surface area contributed by atoms with Crippen molar-refractivity contribution in [3.05, 3.63) is 100 Å². The fourth-order valence-electron chi connectivity index (χ4n) is 4.73. The van der Waals surface area contributed by atoms with Crippen LogP contribution in [0.25, 0.3) is 0 Å². The smallest absolute Gasteiger partial charge is 0.243 e. The first-order valence-corrected chi connectivity index (χ1v) is 17.1. The molecule has 0 bridgehead atoms. The number of carbonyl (C=O) groups is 2. The van der Waals surface area contributed by atoms with Crippen LogP contribution in [0.2, 0.25) is 0 Å². The lowest BCUT2D eigenvalue weighted by Gasteiger charge is -2.32. The molecule has 0 spiro atoms. The predicted octanol–water partition coefficient (Wildman–Crippen LogP) is 6.11. The maximum Gasteiger partial charge on any atom is 0.243 e. The van der Waals surface area contributed by atoms with Crippen LogP contribution in [0.3, 0.4) is 0 Å². The summed E-state index contributed by atoms with van der Waals surface area (Å²) >= 11 is 3.51. The number of carbonyl (C=O) groups excluding carboxylic acids is 2. The molecule has 0 aliphatic heterocycles. The van der Waals surface area contributed by atoms with Crippen LogP contribution in [0.15, 0.2) is 83.3 Å². The van der Waals surface area contributed by atoms with Crippen molar-refractivity contribution in [1.29, 1.82) is 0 Å². The zero-order chi connectivity index (χ0) is 30.7. The van der Waals surface area contributed by atoms with Gasteiger partial charge < -0.3 is 10.2 Å². The van der Waals surface area contributed by atoms with Crippen molar-refractivity contribution in [1.82, 2.24) is 10.2 Å². The number of halogens is 1. The van der Waals surface area contributed by atoms with Crippen LogP contribution in [0.4, 0.5) is 5.69 Å². The maximum atomic E-state index is 13.9. The van der Waals surface area contributed by atoms with Gasteiger partial charge in [-0.1, -0.05) is 84.4 Å². The quantitative estimate of drug-likeness (QED) is 0.214. The number of amides is 2. The van der Waals surface area contributed by atoms with Gasteiger partial charge in [-0.3, -0.25) is 13.9 Å². The summed E-state index contributed by atoms with van der Waals surface area (Å²) < 4.78 is 27.6. The van der Waals surface area contributed by atoms with Crippen molar-refractivity contribution in [2.24, 2.45) is 0 Å². The van der Waals surface area contributed by atoms with Crippen LogP contribution in [0.1, 0.15) is 56.7 Å². The Morgan fingerprint density at radius 2 is 1.57 bits per heavy atom. The average Bonchev–Trinajstić information content (AvgIpc) is 2.97. The highest BCUT2D eigenvalue weighted by Crippen LogP contribution is 2.22. The van der Waals surface area contributed by atoms with Crippen LogP contribution in [0.5, 0.6) is 0 Å². The summed E-state index contributed by atoms with van der Waals surface area (Å²) in [5, 5.41) is 3.08. The Kier molecular flexibility index (Phi) is 12.6. The first-order valence-electron chi connectivity index (χ1n) is 14.5. The van der Waals surface area contributed by atoms with Crippen molar-refractivity contribution in [2.45, 2.75) is 71.5 Å². The molecule has 0 aromatic heterocycles. The van der Waals surface area contributed by atoms with E-state index in [1.807, 2.05) is 87.5 Å². The van der Waals surface area contributed by atoms with E-state index in [-0.39, 0.29) is 37.4 Å². The topological polar surface area (TPSA) is 86.8 Å². The van der Waals surface area contributed by atoms with Gasteiger partial charge in [0.15, 0.2) is 0 Å². The third-order valence-corrected chi connectivity index (χ3v) is 8.99. The van der Waals surface area contributed by atoms with Gasteiger partial charge in [0.25, 0.3) is 0 Å². The number of rotatable bonds is 15. The molecule has 0 aliphatic carbocycles. The normalized spacial score (nSPS) is 12.8. The number of hydrogen-bond donors (Lipinski definition) is 1. The molecule has 0 radical (unpaired) electrons. The largest absolute Gasteiger partial charge is 0.352 e. The Labute approximate surface area is 259 Å². The Hall–Kier alpha value is -3.17. The van der Waals surface area contributed by atoms with Crippen LogP contribution in [-0.2, 0) is 39.0 Å². The summed E-state index contributed by atoms with van der Waals surface area (Å²) in [5.41, 5.74) is 3.53. The lowest BCUT2D eigenvalue weighted by Crippen LogP contribution is -2.52. The highest BCUT2D eigenvalue weighted by molar-refractivity contribution is 9.10. The number of nitrogens with one attached hydrogen (secondary N) is 1. The van der Waals surface area contributed by atoms with Crippen molar-refractivity contribution in [2.75, 3.05) is 17.1 Å². The Morgan fingerprint density at radius 1 is 0.905 bits per heavy atom. The summed E-state index contributed by atoms with van der Waals surface area (Å²) in [4.78, 5) is 29.3. The molecular formula is C33H42BrN3O4S. The SMILES string of the molecule is CCc1ccc(N(CCCC(=O)N(Cc2cccc(Br)c2)[C@H](Cc2ccccc2)C(=O)N[C@H](C)CC)S(C)(=O)=O)cc1. The number of anilines is 1. The molecule has 0 saturated heterocycles. The van der Waals surface area contributed by atoms with Gasteiger partial charge in [0, 0.05) is 36.4 Å². The summed E-state index contributed by atoms with van der Waals surface area (Å²) in [7, 11) is -3.56. The predicted molar refractivity (Wildman–Crippen MR) is 174 cm³/mol. The monoisotopic (exact) mass is 655 g/mol. The molecule has 226 valence electrons. The number of sulfonamides is 1. The molecule has 0 heterocycles. The van der Waals surface area contributed by atoms with Crippen molar-refractivity contribution in [3.8, 4) is 0 Å². The van der Waals surface area contributed by atoms with E-state index in [4.69, 9.17) is 0 Å². The molecule has 0 unspecified atom stereocenters. The summed E-state index contributed by atoms with van der Waals surface area (Å²) in [6.07, 6.45) is 3.57. The van der Waals surface area contributed by atoms with Gasteiger partial charge in [-0.05, 0) is 67.1 Å². The van der Waals surface area contributed by atoms with Crippen LogP contribution in [-0.4, -0.2) is 50.0 Å². The molecule has 3 aromatic rings. The standard InChI is InChI=1S/C33H42BrN3O4S/c1-5-25(3)35-33(39)31(23-27-12-8-7-9-13-27)36(24-28-14-10-15-29(34)22-28)32(38)16-11-21-37(42(4,40)41)30-19-17-26(6-2)18-20-30/h7-10,12-15,17-20,22,25,31H,5-6,11,16,21,23-24H2,1-4H3,(H,35,39)/t25-,31-/m1/s1. The molecule has 0 aliphatic rings. The number of hydrogen-bond acceptors (Lipinski definition) is 4. The van der Waals surface area contributed by atoms with E-state index in [0.29, 0.717) is 18.5 Å². The van der Waals surface area contributed by atoms with Gasteiger partial charge in [0.05, 0.1) is 11.9 Å². The lowest BCUT2D eigenvalue weighted by molar-refractivity contribution is -0.141. The second kappa shape index (κ2) is 15.9. The summed E-state index contributed by atoms with van der Waals surface area (Å²) in [6.45, 7) is 6.40. The molecule has 3 rings (SSSR count). The van der Waals surface area contributed by atoms with E-state index in [1.165, 1.54) is 10.6 Å². The molecule has 9 heteroatoms. The van der Waals surface area contributed by atoms with Crippen LogP contribution < -0.4 is 9.62 Å². The number of aryl methyl sites for hydroxylation is 1. The van der Waals surface area contributed by atoms with Gasteiger partial charge in [0.2, 0.25) is 21.8 Å².